The van der Waals surface area contributed by atoms with Gasteiger partial charge in [0.15, 0.2) is 0 Å². The Labute approximate surface area is 75.0 Å². The summed E-state index contributed by atoms with van der Waals surface area (Å²) >= 11 is 0. The first-order chi connectivity index (χ1) is 5.49. The molecule has 0 bridgehead atoms. The zero-order valence-corrected chi connectivity index (χ0v) is 8.48. The number of carbonyl (C=O) groups is 1. The Hall–Kier alpha value is -0.790. The summed E-state index contributed by atoms with van der Waals surface area (Å²) in [5, 5.41) is 2.64. The number of carbonyl (C=O) groups excluding carboxylic acids is 1. The van der Waals surface area contributed by atoms with E-state index in [9.17, 15) is 4.79 Å². The second-order valence-corrected chi connectivity index (χ2v) is 3.50. The van der Waals surface area contributed by atoms with Gasteiger partial charge in [-0.25, -0.2) is 0 Å². The Balaban J connectivity index is 3.91. The third-order valence-corrected chi connectivity index (χ3v) is 2.24. The van der Waals surface area contributed by atoms with Crippen molar-refractivity contribution in [3.8, 4) is 0 Å². The number of hydrogen-bond acceptors (Lipinski definition) is 1. The molecule has 2 unspecified atom stereocenters. The summed E-state index contributed by atoms with van der Waals surface area (Å²) in [5.74, 6) is 0.627. The van der Waals surface area contributed by atoms with Gasteiger partial charge in [0.1, 0.15) is 0 Å². The van der Waals surface area contributed by atoms with Crippen LogP contribution in [0.5, 0.6) is 0 Å². The van der Waals surface area contributed by atoms with Crippen molar-refractivity contribution in [2.45, 2.75) is 27.2 Å². The normalized spacial score (nSPS) is 15.0. The third kappa shape index (κ3) is 3.56. The summed E-state index contributed by atoms with van der Waals surface area (Å²) in [7, 11) is 1.67. The molecule has 0 rings (SSSR count). The molecule has 0 fully saturated rings. The average Bonchev–Trinajstić information content (AvgIpc) is 2.02. The van der Waals surface area contributed by atoms with Gasteiger partial charge in [-0.05, 0) is 19.3 Å². The van der Waals surface area contributed by atoms with Crippen molar-refractivity contribution in [1.29, 1.82) is 0 Å². The minimum Gasteiger partial charge on any atom is -0.359 e. The minimum atomic E-state index is 0.0849. The third-order valence-electron chi connectivity index (χ3n) is 2.24. The first-order valence-corrected chi connectivity index (χ1v) is 4.36. The SMILES string of the molecule is C=C(C)C(C)CC(C)C(=O)NC. The molecule has 0 aliphatic carbocycles. The van der Waals surface area contributed by atoms with Crippen LogP contribution >= 0.6 is 0 Å². The molecule has 0 radical (unpaired) electrons. The van der Waals surface area contributed by atoms with E-state index in [-0.39, 0.29) is 11.8 Å². The van der Waals surface area contributed by atoms with Gasteiger partial charge in [0, 0.05) is 13.0 Å². The second-order valence-electron chi connectivity index (χ2n) is 3.50. The molecule has 0 aromatic heterocycles. The van der Waals surface area contributed by atoms with Crippen LogP contribution in [-0.4, -0.2) is 13.0 Å². The molecular formula is C10H19NO. The molecule has 2 atom stereocenters. The maximum atomic E-state index is 11.1. The van der Waals surface area contributed by atoms with Gasteiger partial charge >= 0.3 is 0 Å². The molecule has 0 aliphatic rings. The molecule has 1 amide bonds. The highest BCUT2D eigenvalue weighted by molar-refractivity contribution is 5.77. The van der Waals surface area contributed by atoms with E-state index in [0.29, 0.717) is 5.92 Å². The number of nitrogens with one attached hydrogen (secondary N) is 1. The molecule has 70 valence electrons. The van der Waals surface area contributed by atoms with Crippen LogP contribution in [0.15, 0.2) is 12.2 Å². The van der Waals surface area contributed by atoms with E-state index in [1.54, 1.807) is 7.05 Å². The Morgan fingerprint density at radius 1 is 1.42 bits per heavy atom. The van der Waals surface area contributed by atoms with Crippen LogP contribution in [0.2, 0.25) is 0 Å². The van der Waals surface area contributed by atoms with E-state index in [1.165, 1.54) is 0 Å². The van der Waals surface area contributed by atoms with E-state index >= 15 is 0 Å². The Morgan fingerprint density at radius 3 is 2.25 bits per heavy atom. The van der Waals surface area contributed by atoms with Gasteiger partial charge in [0.25, 0.3) is 0 Å². The molecule has 0 aliphatic heterocycles. The topological polar surface area (TPSA) is 29.1 Å². The fraction of sp³-hybridized carbons (Fsp3) is 0.700. The summed E-state index contributed by atoms with van der Waals surface area (Å²) < 4.78 is 0. The zero-order valence-electron chi connectivity index (χ0n) is 8.48. The van der Waals surface area contributed by atoms with Crippen molar-refractivity contribution in [1.82, 2.24) is 5.32 Å². The Kier molecular flexibility index (Phi) is 4.64. The van der Waals surface area contributed by atoms with Crippen LogP contribution < -0.4 is 5.32 Å². The van der Waals surface area contributed by atoms with Gasteiger partial charge in [-0.1, -0.05) is 26.0 Å². The molecule has 0 aromatic rings. The van der Waals surface area contributed by atoms with Gasteiger partial charge < -0.3 is 5.32 Å². The second kappa shape index (κ2) is 4.96. The van der Waals surface area contributed by atoms with E-state index < -0.39 is 0 Å². The number of rotatable bonds is 4. The van der Waals surface area contributed by atoms with E-state index in [1.807, 2.05) is 13.8 Å². The van der Waals surface area contributed by atoms with Gasteiger partial charge in [-0.3, -0.25) is 4.79 Å². The van der Waals surface area contributed by atoms with Crippen LogP contribution in [-0.2, 0) is 4.79 Å². The van der Waals surface area contributed by atoms with Crippen molar-refractivity contribution >= 4 is 5.91 Å². The van der Waals surface area contributed by atoms with Crippen molar-refractivity contribution < 1.29 is 4.79 Å². The predicted octanol–water partition coefficient (Wildman–Crippen LogP) is 1.97. The van der Waals surface area contributed by atoms with Gasteiger partial charge in [0.05, 0.1) is 0 Å². The van der Waals surface area contributed by atoms with Crippen LogP contribution in [0.4, 0.5) is 0 Å². The standard InChI is InChI=1S/C10H19NO/c1-7(2)8(3)6-9(4)10(12)11-5/h8-9H,1,6H2,2-5H3,(H,11,12). The Morgan fingerprint density at radius 2 is 1.92 bits per heavy atom. The van der Waals surface area contributed by atoms with Crippen LogP contribution in [0.1, 0.15) is 27.2 Å². The molecule has 0 saturated heterocycles. The fourth-order valence-corrected chi connectivity index (χ4v) is 1.08. The largest absolute Gasteiger partial charge is 0.359 e. The van der Waals surface area contributed by atoms with Crippen molar-refractivity contribution in [2.24, 2.45) is 11.8 Å². The van der Waals surface area contributed by atoms with Crippen molar-refractivity contribution in [2.75, 3.05) is 7.05 Å². The van der Waals surface area contributed by atoms with Crippen LogP contribution in [0.25, 0.3) is 0 Å². The number of allylic oxidation sites excluding steroid dienone is 1. The van der Waals surface area contributed by atoms with Gasteiger partial charge in [-0.15, -0.1) is 0 Å². The van der Waals surface area contributed by atoms with E-state index in [4.69, 9.17) is 0 Å². The highest BCUT2D eigenvalue weighted by Crippen LogP contribution is 2.17. The van der Waals surface area contributed by atoms with E-state index in [0.717, 1.165) is 12.0 Å². The number of hydrogen-bond donors (Lipinski definition) is 1. The van der Waals surface area contributed by atoms with Crippen molar-refractivity contribution in [3.63, 3.8) is 0 Å². The first kappa shape index (κ1) is 11.2. The van der Waals surface area contributed by atoms with Crippen LogP contribution in [0.3, 0.4) is 0 Å². The molecule has 2 heteroatoms. The van der Waals surface area contributed by atoms with Gasteiger partial charge in [0.2, 0.25) is 5.91 Å². The summed E-state index contributed by atoms with van der Waals surface area (Å²) in [6, 6.07) is 0. The molecular weight excluding hydrogens is 150 g/mol. The quantitative estimate of drug-likeness (QED) is 0.640. The summed E-state index contributed by atoms with van der Waals surface area (Å²) in [5.41, 5.74) is 1.14. The monoisotopic (exact) mass is 169 g/mol. The summed E-state index contributed by atoms with van der Waals surface area (Å²) in [4.78, 5) is 11.1. The summed E-state index contributed by atoms with van der Waals surface area (Å²) in [6.45, 7) is 9.90. The summed E-state index contributed by atoms with van der Waals surface area (Å²) in [6.07, 6.45) is 0.884. The van der Waals surface area contributed by atoms with Gasteiger partial charge in [-0.2, -0.15) is 0 Å². The number of amides is 1. The fourth-order valence-electron chi connectivity index (χ4n) is 1.08. The average molecular weight is 169 g/mol. The maximum absolute atomic E-state index is 11.1. The molecule has 1 N–H and O–H groups in total. The molecule has 0 heterocycles. The lowest BCUT2D eigenvalue weighted by Crippen LogP contribution is -2.26. The predicted molar refractivity (Wildman–Crippen MR) is 51.8 cm³/mol. The molecule has 12 heavy (non-hydrogen) atoms. The lowest BCUT2D eigenvalue weighted by atomic mass is 9.92. The zero-order chi connectivity index (χ0) is 9.72. The van der Waals surface area contributed by atoms with E-state index in [2.05, 4.69) is 18.8 Å². The molecule has 2 nitrogen and oxygen atoms in total. The molecule has 0 saturated carbocycles. The van der Waals surface area contributed by atoms with Crippen molar-refractivity contribution in [3.05, 3.63) is 12.2 Å². The highest BCUT2D eigenvalue weighted by Gasteiger charge is 2.14. The molecule has 0 aromatic carbocycles. The Bertz CT molecular complexity index is 175. The molecule has 0 spiro atoms. The highest BCUT2D eigenvalue weighted by atomic mass is 16.1. The lowest BCUT2D eigenvalue weighted by Gasteiger charge is -2.15. The minimum absolute atomic E-state index is 0.0849. The lowest BCUT2D eigenvalue weighted by molar-refractivity contribution is -0.124. The first-order valence-electron chi connectivity index (χ1n) is 4.36. The van der Waals surface area contributed by atoms with Crippen LogP contribution in [0, 0.1) is 11.8 Å². The maximum Gasteiger partial charge on any atom is 0.222 e. The smallest absolute Gasteiger partial charge is 0.222 e.